The molecule has 1 saturated heterocycles. The molecule has 0 spiro atoms. The van der Waals surface area contributed by atoms with Crippen LogP contribution in [0.15, 0.2) is 0 Å². The van der Waals surface area contributed by atoms with Gasteiger partial charge in [0.05, 0.1) is 12.6 Å². The molecule has 0 aliphatic carbocycles. The summed E-state index contributed by atoms with van der Waals surface area (Å²) in [4.78, 5) is 24.3. The smallest absolute Gasteiger partial charge is 0.410 e. The van der Waals surface area contributed by atoms with E-state index in [2.05, 4.69) is 0 Å². The van der Waals surface area contributed by atoms with Crippen molar-refractivity contribution in [3.63, 3.8) is 0 Å². The summed E-state index contributed by atoms with van der Waals surface area (Å²) in [5, 5.41) is 0. The van der Waals surface area contributed by atoms with Gasteiger partial charge in [0.15, 0.2) is 5.78 Å². The molecule has 1 aliphatic heterocycles. The number of likely N-dealkylation sites (tertiary alicyclic amines) is 1. The summed E-state index contributed by atoms with van der Waals surface area (Å²) in [5.41, 5.74) is 5.01. The largest absolute Gasteiger partial charge is 0.444 e. The van der Waals surface area contributed by atoms with E-state index in [9.17, 15) is 9.59 Å². The summed E-state index contributed by atoms with van der Waals surface area (Å²) in [7, 11) is 0. The summed E-state index contributed by atoms with van der Waals surface area (Å²) in [6.07, 6.45) is 0.0701. The number of amides is 1. The Labute approximate surface area is 89.6 Å². The average molecular weight is 214 g/mol. The van der Waals surface area contributed by atoms with Crippen molar-refractivity contribution in [3.8, 4) is 0 Å². The lowest BCUT2D eigenvalue weighted by Crippen LogP contribution is -2.50. The van der Waals surface area contributed by atoms with Crippen LogP contribution in [0.5, 0.6) is 0 Å². The van der Waals surface area contributed by atoms with E-state index >= 15 is 0 Å². The highest BCUT2D eigenvalue weighted by Gasteiger charge is 2.29. The number of hydrogen-bond donors (Lipinski definition) is 1. The van der Waals surface area contributed by atoms with Gasteiger partial charge in [-0.25, -0.2) is 4.79 Å². The van der Waals surface area contributed by atoms with E-state index in [1.807, 2.05) is 0 Å². The highest BCUT2D eigenvalue weighted by Crippen LogP contribution is 2.13. The summed E-state index contributed by atoms with van der Waals surface area (Å²) >= 11 is 0. The van der Waals surface area contributed by atoms with E-state index in [-0.39, 0.29) is 12.3 Å². The second-order valence-corrected chi connectivity index (χ2v) is 4.76. The van der Waals surface area contributed by atoms with Crippen LogP contribution < -0.4 is 5.73 Å². The van der Waals surface area contributed by atoms with Crippen LogP contribution >= 0.6 is 0 Å². The van der Waals surface area contributed by atoms with Gasteiger partial charge in [-0.3, -0.25) is 4.79 Å². The van der Waals surface area contributed by atoms with Crippen LogP contribution in [0.25, 0.3) is 0 Å². The fourth-order valence-electron chi connectivity index (χ4n) is 1.32. The topological polar surface area (TPSA) is 72.6 Å². The maximum atomic E-state index is 11.6. The molecule has 1 rings (SSSR count). The monoisotopic (exact) mass is 214 g/mol. The highest BCUT2D eigenvalue weighted by atomic mass is 16.6. The van der Waals surface area contributed by atoms with E-state index in [0.29, 0.717) is 13.0 Å². The summed E-state index contributed by atoms with van der Waals surface area (Å²) < 4.78 is 5.15. The standard InChI is InChI=1S/C10H18N2O3/c1-10(2,3)15-9(14)12-5-4-7(11)8(13)6-12/h7H,4-6,11H2,1-3H3. The first kappa shape index (κ1) is 12.0. The van der Waals surface area contributed by atoms with Gasteiger partial charge in [0.1, 0.15) is 5.60 Å². The normalized spacial score (nSPS) is 22.8. The number of rotatable bonds is 0. The van der Waals surface area contributed by atoms with Crippen molar-refractivity contribution in [1.29, 1.82) is 0 Å². The van der Waals surface area contributed by atoms with Crippen molar-refractivity contribution in [1.82, 2.24) is 4.90 Å². The predicted octanol–water partition coefficient (Wildman–Crippen LogP) is 0.524. The van der Waals surface area contributed by atoms with Crippen molar-refractivity contribution < 1.29 is 14.3 Å². The van der Waals surface area contributed by atoms with Crippen LogP contribution in [0.2, 0.25) is 0 Å². The fraction of sp³-hybridized carbons (Fsp3) is 0.800. The zero-order chi connectivity index (χ0) is 11.6. The number of carbonyl (C=O) groups excluding carboxylic acids is 2. The molecule has 86 valence electrons. The minimum absolute atomic E-state index is 0.0656. The Hall–Kier alpha value is -1.10. The van der Waals surface area contributed by atoms with Gasteiger partial charge in [0, 0.05) is 6.54 Å². The molecule has 1 heterocycles. The molecule has 15 heavy (non-hydrogen) atoms. The van der Waals surface area contributed by atoms with Crippen molar-refractivity contribution in [3.05, 3.63) is 0 Å². The lowest BCUT2D eigenvalue weighted by Gasteiger charge is -2.31. The number of nitrogens with zero attached hydrogens (tertiary/aromatic N) is 1. The summed E-state index contributed by atoms with van der Waals surface area (Å²) in [5.74, 6) is -0.105. The molecule has 1 fully saturated rings. The third-order valence-corrected chi connectivity index (χ3v) is 2.12. The molecule has 1 amide bonds. The Morgan fingerprint density at radius 2 is 2.13 bits per heavy atom. The maximum Gasteiger partial charge on any atom is 0.410 e. The van der Waals surface area contributed by atoms with Gasteiger partial charge < -0.3 is 15.4 Å². The average Bonchev–Trinajstić information content (AvgIpc) is 2.06. The fourth-order valence-corrected chi connectivity index (χ4v) is 1.32. The number of piperidine rings is 1. The highest BCUT2D eigenvalue weighted by molar-refractivity contribution is 5.89. The minimum Gasteiger partial charge on any atom is -0.444 e. The zero-order valence-corrected chi connectivity index (χ0v) is 9.45. The van der Waals surface area contributed by atoms with E-state index in [1.54, 1.807) is 20.8 Å². The van der Waals surface area contributed by atoms with Crippen molar-refractivity contribution in [2.45, 2.75) is 38.8 Å². The third-order valence-electron chi connectivity index (χ3n) is 2.12. The molecule has 1 aliphatic rings. The van der Waals surface area contributed by atoms with Crippen LogP contribution in [-0.2, 0) is 9.53 Å². The van der Waals surface area contributed by atoms with Crippen LogP contribution in [0, 0.1) is 0 Å². The van der Waals surface area contributed by atoms with Crippen molar-refractivity contribution in [2.24, 2.45) is 5.73 Å². The molecule has 0 radical (unpaired) electrons. The Morgan fingerprint density at radius 1 is 1.53 bits per heavy atom. The van der Waals surface area contributed by atoms with E-state index in [0.717, 1.165) is 0 Å². The Balaban J connectivity index is 2.52. The minimum atomic E-state index is -0.528. The van der Waals surface area contributed by atoms with Gasteiger partial charge in [0.2, 0.25) is 0 Å². The molecule has 0 aromatic rings. The van der Waals surface area contributed by atoms with Crippen molar-refractivity contribution in [2.75, 3.05) is 13.1 Å². The quantitative estimate of drug-likeness (QED) is 0.638. The van der Waals surface area contributed by atoms with E-state index in [4.69, 9.17) is 10.5 Å². The number of nitrogens with two attached hydrogens (primary N) is 1. The van der Waals surface area contributed by atoms with Gasteiger partial charge in [-0.05, 0) is 27.2 Å². The van der Waals surface area contributed by atoms with Gasteiger partial charge in [-0.1, -0.05) is 0 Å². The first-order valence-electron chi connectivity index (χ1n) is 5.06. The molecule has 0 aromatic carbocycles. The van der Waals surface area contributed by atoms with Gasteiger partial charge in [-0.15, -0.1) is 0 Å². The molecular formula is C10H18N2O3. The maximum absolute atomic E-state index is 11.6. The molecule has 1 atom stereocenters. The molecule has 0 saturated carbocycles. The van der Waals surface area contributed by atoms with Crippen LogP contribution in [0.4, 0.5) is 4.79 Å². The molecule has 5 nitrogen and oxygen atoms in total. The number of hydrogen-bond acceptors (Lipinski definition) is 4. The molecule has 2 N–H and O–H groups in total. The lowest BCUT2D eigenvalue weighted by molar-refractivity contribution is -0.123. The number of ketones is 1. The summed E-state index contributed by atoms with van der Waals surface area (Å²) in [6, 6.07) is -0.427. The van der Waals surface area contributed by atoms with Crippen molar-refractivity contribution >= 4 is 11.9 Å². The molecule has 5 heteroatoms. The third kappa shape index (κ3) is 3.51. The van der Waals surface area contributed by atoms with Gasteiger partial charge in [0.25, 0.3) is 0 Å². The second kappa shape index (κ2) is 4.18. The number of Topliss-reactive ketones (excluding diaryl/α,β-unsaturated/α-hetero) is 1. The molecule has 1 unspecified atom stereocenters. The van der Waals surface area contributed by atoms with Crippen LogP contribution in [0.1, 0.15) is 27.2 Å². The molecular weight excluding hydrogens is 196 g/mol. The summed E-state index contributed by atoms with van der Waals surface area (Å²) in [6.45, 7) is 5.94. The zero-order valence-electron chi connectivity index (χ0n) is 9.45. The SMILES string of the molecule is CC(C)(C)OC(=O)N1CCC(N)C(=O)C1. The Bertz CT molecular complexity index is 270. The molecule has 0 aromatic heterocycles. The van der Waals surface area contributed by atoms with E-state index < -0.39 is 17.7 Å². The number of ether oxygens (including phenoxy) is 1. The van der Waals surface area contributed by atoms with Gasteiger partial charge in [-0.2, -0.15) is 0 Å². The first-order valence-corrected chi connectivity index (χ1v) is 5.06. The van der Waals surface area contributed by atoms with Crippen LogP contribution in [-0.4, -0.2) is 41.5 Å². The number of carbonyl (C=O) groups is 2. The van der Waals surface area contributed by atoms with Gasteiger partial charge >= 0.3 is 6.09 Å². The lowest BCUT2D eigenvalue weighted by atomic mass is 10.1. The first-order chi connectivity index (χ1) is 6.79. The van der Waals surface area contributed by atoms with E-state index in [1.165, 1.54) is 4.90 Å². The predicted molar refractivity (Wildman–Crippen MR) is 55.4 cm³/mol. The second-order valence-electron chi connectivity index (χ2n) is 4.76. The van der Waals surface area contributed by atoms with Crippen LogP contribution in [0.3, 0.4) is 0 Å². The Morgan fingerprint density at radius 3 is 2.60 bits per heavy atom. The Kier molecular flexibility index (Phi) is 3.34. The molecule has 0 bridgehead atoms.